The van der Waals surface area contributed by atoms with Gasteiger partial charge in [0.05, 0.1) is 6.61 Å². The second kappa shape index (κ2) is 10.8. The first-order valence-electron chi connectivity index (χ1n) is 4.04. The fourth-order valence-corrected chi connectivity index (χ4v) is 0.713. The Balaban J connectivity index is 0. The number of unbranched alkanes of at least 4 members (excludes halogenated alkanes) is 2. The van der Waals surface area contributed by atoms with Crippen molar-refractivity contribution in [2.75, 3.05) is 6.61 Å². The van der Waals surface area contributed by atoms with Crippen LogP contribution in [-0.2, 0) is 14.3 Å². The molecule has 0 saturated heterocycles. The summed E-state index contributed by atoms with van der Waals surface area (Å²) in [5.41, 5.74) is 0. The maximum atomic E-state index is 10.6. The first-order chi connectivity index (χ1) is 5.66. The number of carbonyl (C=O) groups excluding carboxylic acids is 1. The summed E-state index contributed by atoms with van der Waals surface area (Å²) < 4.78 is 4.64. The minimum Gasteiger partial charge on any atom is -0.481 e. The monoisotopic (exact) mass is 259 g/mol. The molecule has 0 aromatic rings. The minimum atomic E-state index is -1.14. The Labute approximate surface area is 127 Å². The summed E-state index contributed by atoms with van der Waals surface area (Å²) in [7, 11) is 0. The molecule has 0 aromatic heterocycles. The van der Waals surface area contributed by atoms with Crippen molar-refractivity contribution < 1.29 is 19.4 Å². The Bertz CT molecular complexity index is 158. The zero-order valence-corrected chi connectivity index (χ0v) is 13.1. The Morgan fingerprint density at radius 2 is 1.92 bits per heavy atom. The first kappa shape index (κ1) is 16.2. The van der Waals surface area contributed by atoms with Crippen LogP contribution in [0.5, 0.6) is 0 Å². The average molecular weight is 260 g/mol. The van der Waals surface area contributed by atoms with E-state index in [1.54, 1.807) is 0 Å². The normalized spacial score (nSPS) is 8.69. The second-order valence-electron chi connectivity index (χ2n) is 2.50. The van der Waals surface area contributed by atoms with Crippen molar-refractivity contribution in [3.63, 3.8) is 0 Å². The number of ether oxygens (including phenoxy) is 1. The van der Waals surface area contributed by atoms with Gasteiger partial charge in [0.2, 0.25) is 0 Å². The van der Waals surface area contributed by atoms with E-state index in [4.69, 9.17) is 5.11 Å². The van der Waals surface area contributed by atoms with E-state index in [1.165, 1.54) is 0 Å². The molecular formula is C8H14O4Rb. The van der Waals surface area contributed by atoms with Crippen LogP contribution in [0.15, 0.2) is 0 Å². The first-order valence-corrected chi connectivity index (χ1v) is 4.04. The van der Waals surface area contributed by atoms with Gasteiger partial charge in [0.1, 0.15) is 6.42 Å². The van der Waals surface area contributed by atoms with E-state index in [9.17, 15) is 9.59 Å². The molecule has 71 valence electrons. The Hall–Kier alpha value is 0.745. The SMILES string of the molecule is CCCCCOC(=O)CC(=O)O.[Rb]. The number of carboxylic acids is 1. The van der Waals surface area contributed by atoms with Gasteiger partial charge in [-0.25, -0.2) is 0 Å². The number of hydrogen-bond acceptors (Lipinski definition) is 3. The van der Waals surface area contributed by atoms with E-state index >= 15 is 0 Å². The zero-order chi connectivity index (χ0) is 9.40. The van der Waals surface area contributed by atoms with Crippen molar-refractivity contribution in [2.45, 2.75) is 32.6 Å². The number of rotatable bonds is 6. The summed E-state index contributed by atoms with van der Waals surface area (Å²) in [4.78, 5) is 20.6. The summed E-state index contributed by atoms with van der Waals surface area (Å²) in [6.45, 7) is 2.37. The van der Waals surface area contributed by atoms with Gasteiger partial charge < -0.3 is 9.84 Å². The summed E-state index contributed by atoms with van der Waals surface area (Å²) in [6.07, 6.45) is 2.32. The number of aliphatic carboxylic acids is 1. The topological polar surface area (TPSA) is 63.6 Å². The molecule has 1 N–H and O–H groups in total. The smallest absolute Gasteiger partial charge is 0.317 e. The molecule has 5 heteroatoms. The molecule has 1 radical (unpaired) electrons. The molecular weight excluding hydrogens is 246 g/mol. The number of esters is 1. The fourth-order valence-electron chi connectivity index (χ4n) is 0.713. The molecule has 0 aromatic carbocycles. The van der Waals surface area contributed by atoms with Crippen molar-refractivity contribution >= 4 is 70.1 Å². The fraction of sp³-hybridized carbons (Fsp3) is 0.750. The van der Waals surface area contributed by atoms with Gasteiger partial charge in [0, 0.05) is 58.2 Å². The van der Waals surface area contributed by atoms with Gasteiger partial charge in [-0.15, -0.1) is 0 Å². The zero-order valence-electron chi connectivity index (χ0n) is 8.21. The molecule has 4 nitrogen and oxygen atoms in total. The number of carbonyl (C=O) groups is 2. The maximum absolute atomic E-state index is 10.6. The molecule has 0 heterocycles. The Morgan fingerprint density at radius 1 is 1.31 bits per heavy atom. The third-order valence-electron chi connectivity index (χ3n) is 1.31. The standard InChI is InChI=1S/C8H14O4.Rb/c1-2-3-4-5-12-8(11)6-7(9)10;/h2-6H2,1H3,(H,9,10);. The number of hydrogen-bond donors (Lipinski definition) is 1. The van der Waals surface area contributed by atoms with E-state index in [-0.39, 0.29) is 58.2 Å². The molecule has 0 amide bonds. The van der Waals surface area contributed by atoms with Gasteiger partial charge in [0.15, 0.2) is 0 Å². The number of carboxylic acid groups (broad SMARTS) is 1. The van der Waals surface area contributed by atoms with Crippen LogP contribution in [0.4, 0.5) is 0 Å². The molecule has 0 saturated carbocycles. The van der Waals surface area contributed by atoms with Crippen molar-refractivity contribution in [3.8, 4) is 0 Å². The van der Waals surface area contributed by atoms with Gasteiger partial charge >= 0.3 is 11.9 Å². The van der Waals surface area contributed by atoms with Crippen molar-refractivity contribution in [3.05, 3.63) is 0 Å². The summed E-state index contributed by atoms with van der Waals surface area (Å²) in [5, 5.41) is 8.19. The molecule has 0 atom stereocenters. The van der Waals surface area contributed by atoms with Crippen molar-refractivity contribution in [1.29, 1.82) is 0 Å². The van der Waals surface area contributed by atoms with Crippen molar-refractivity contribution in [1.82, 2.24) is 0 Å². The quantitative estimate of drug-likeness (QED) is 0.436. The summed E-state index contributed by atoms with van der Waals surface area (Å²) in [6, 6.07) is 0. The molecule has 0 aliphatic heterocycles. The van der Waals surface area contributed by atoms with Gasteiger partial charge in [-0.2, -0.15) is 0 Å². The maximum Gasteiger partial charge on any atom is 0.317 e. The van der Waals surface area contributed by atoms with Crippen LogP contribution in [0.25, 0.3) is 0 Å². The van der Waals surface area contributed by atoms with Crippen LogP contribution in [0, 0.1) is 0 Å². The predicted octanol–water partition coefficient (Wildman–Crippen LogP) is 0.814. The molecule has 0 spiro atoms. The van der Waals surface area contributed by atoms with E-state index in [0.29, 0.717) is 6.61 Å². The predicted molar refractivity (Wildman–Crippen MR) is 48.5 cm³/mol. The molecule has 0 aliphatic carbocycles. The molecule has 0 aliphatic rings. The van der Waals surface area contributed by atoms with Crippen LogP contribution in [0.1, 0.15) is 32.6 Å². The van der Waals surface area contributed by atoms with E-state index in [2.05, 4.69) is 4.74 Å². The van der Waals surface area contributed by atoms with Gasteiger partial charge in [0.25, 0.3) is 0 Å². The largest absolute Gasteiger partial charge is 0.481 e. The van der Waals surface area contributed by atoms with Crippen LogP contribution >= 0.6 is 0 Å². The minimum absolute atomic E-state index is 0. The molecule has 13 heavy (non-hydrogen) atoms. The average Bonchev–Trinajstić information content (AvgIpc) is 1.97. The summed E-state index contributed by atoms with van der Waals surface area (Å²) >= 11 is 0. The molecule has 0 bridgehead atoms. The third kappa shape index (κ3) is 12.7. The summed E-state index contributed by atoms with van der Waals surface area (Å²) in [5.74, 6) is -1.80. The van der Waals surface area contributed by atoms with E-state index in [1.807, 2.05) is 6.92 Å². The second-order valence-corrected chi connectivity index (χ2v) is 2.50. The van der Waals surface area contributed by atoms with Crippen LogP contribution in [0.3, 0.4) is 0 Å². The van der Waals surface area contributed by atoms with Crippen LogP contribution in [0.2, 0.25) is 0 Å². The molecule has 0 unspecified atom stereocenters. The molecule has 0 fully saturated rings. The van der Waals surface area contributed by atoms with Crippen LogP contribution < -0.4 is 0 Å². The van der Waals surface area contributed by atoms with Crippen LogP contribution in [-0.4, -0.2) is 81.8 Å². The van der Waals surface area contributed by atoms with E-state index in [0.717, 1.165) is 19.3 Å². The van der Waals surface area contributed by atoms with Crippen molar-refractivity contribution in [2.24, 2.45) is 0 Å². The van der Waals surface area contributed by atoms with Gasteiger partial charge in [-0.1, -0.05) is 19.8 Å². The third-order valence-corrected chi connectivity index (χ3v) is 1.31. The van der Waals surface area contributed by atoms with Gasteiger partial charge in [-0.05, 0) is 6.42 Å². The Morgan fingerprint density at radius 3 is 2.38 bits per heavy atom. The van der Waals surface area contributed by atoms with E-state index < -0.39 is 18.4 Å². The molecule has 0 rings (SSSR count). The Kier molecular flexibility index (Phi) is 13.5. The van der Waals surface area contributed by atoms with Gasteiger partial charge in [-0.3, -0.25) is 9.59 Å².